The number of nitrogens with one attached hydrogen (secondary N) is 2. The molecule has 6 heteroatoms. The average molecular weight is 277 g/mol. The minimum Gasteiger partial charge on any atom is -0.370 e. The van der Waals surface area contributed by atoms with Crippen LogP contribution in [0.15, 0.2) is 36.4 Å². The van der Waals surface area contributed by atoms with Gasteiger partial charge >= 0.3 is 0 Å². The summed E-state index contributed by atoms with van der Waals surface area (Å²) in [7, 11) is 0. The van der Waals surface area contributed by atoms with Crippen molar-refractivity contribution in [2.24, 2.45) is 0 Å². The number of aromatic nitrogens is 1. The van der Waals surface area contributed by atoms with Gasteiger partial charge in [0.2, 0.25) is 0 Å². The van der Waals surface area contributed by atoms with Gasteiger partial charge in [0.1, 0.15) is 23.1 Å². The molecule has 0 aliphatic carbocycles. The Morgan fingerprint density at radius 2 is 2.05 bits per heavy atom. The van der Waals surface area contributed by atoms with Gasteiger partial charge < -0.3 is 10.6 Å². The molecule has 0 bridgehead atoms. The molecule has 1 aromatic carbocycles. The van der Waals surface area contributed by atoms with Crippen LogP contribution in [-0.4, -0.2) is 17.4 Å². The maximum atomic E-state index is 13.4. The number of hydrogen-bond donors (Lipinski definition) is 2. The summed E-state index contributed by atoms with van der Waals surface area (Å²) in [4.78, 5) is 16.0. The first-order valence-electron chi connectivity index (χ1n) is 6.07. The molecule has 0 aliphatic heterocycles. The Morgan fingerprint density at radius 3 is 2.80 bits per heavy atom. The van der Waals surface area contributed by atoms with Crippen LogP contribution < -0.4 is 10.6 Å². The molecule has 2 N–H and O–H groups in total. The molecule has 0 spiro atoms. The van der Waals surface area contributed by atoms with Crippen molar-refractivity contribution in [1.29, 1.82) is 0 Å². The lowest BCUT2D eigenvalue weighted by molar-refractivity contribution is 0.102. The van der Waals surface area contributed by atoms with E-state index in [1.54, 1.807) is 12.1 Å². The minimum atomic E-state index is -0.706. The summed E-state index contributed by atoms with van der Waals surface area (Å²) in [5.41, 5.74) is -0.0993. The van der Waals surface area contributed by atoms with Gasteiger partial charge in [-0.1, -0.05) is 6.07 Å². The molecule has 104 valence electrons. The van der Waals surface area contributed by atoms with Crippen LogP contribution in [0.4, 0.5) is 20.3 Å². The van der Waals surface area contributed by atoms with Crippen LogP contribution in [0, 0.1) is 11.6 Å². The highest BCUT2D eigenvalue weighted by Gasteiger charge is 2.11. The van der Waals surface area contributed by atoms with Crippen LogP contribution in [0.2, 0.25) is 0 Å². The van der Waals surface area contributed by atoms with Gasteiger partial charge in [-0.05, 0) is 31.2 Å². The highest BCUT2D eigenvalue weighted by molar-refractivity contribution is 6.03. The number of pyridine rings is 1. The van der Waals surface area contributed by atoms with Crippen LogP contribution in [0.5, 0.6) is 0 Å². The zero-order valence-corrected chi connectivity index (χ0v) is 10.8. The van der Waals surface area contributed by atoms with Crippen molar-refractivity contribution in [2.75, 3.05) is 17.2 Å². The minimum absolute atomic E-state index is 0.118. The standard InChI is InChI=1S/C14H13F2N3O/c1-2-17-13-5-3-4-11(18-13)14(20)19-12-8-9(15)6-7-10(12)16/h3-8H,2H2,1H3,(H,17,18)(H,19,20). The van der Waals surface area contributed by atoms with Crippen molar-refractivity contribution in [1.82, 2.24) is 4.98 Å². The third-order valence-corrected chi connectivity index (χ3v) is 2.52. The number of anilines is 2. The smallest absolute Gasteiger partial charge is 0.274 e. The van der Waals surface area contributed by atoms with E-state index in [0.717, 1.165) is 18.2 Å². The lowest BCUT2D eigenvalue weighted by Crippen LogP contribution is -2.15. The molecule has 20 heavy (non-hydrogen) atoms. The Labute approximate surface area is 114 Å². The van der Waals surface area contributed by atoms with Crippen molar-refractivity contribution in [3.8, 4) is 0 Å². The van der Waals surface area contributed by atoms with Gasteiger partial charge in [0.05, 0.1) is 5.69 Å². The van der Waals surface area contributed by atoms with Crippen molar-refractivity contribution in [3.63, 3.8) is 0 Å². The molecule has 0 radical (unpaired) electrons. The molecule has 2 aromatic rings. The van der Waals surface area contributed by atoms with Crippen LogP contribution in [0.3, 0.4) is 0 Å². The van der Waals surface area contributed by atoms with E-state index in [1.165, 1.54) is 6.07 Å². The quantitative estimate of drug-likeness (QED) is 0.903. The Morgan fingerprint density at radius 1 is 1.25 bits per heavy atom. The topological polar surface area (TPSA) is 54.0 Å². The summed E-state index contributed by atoms with van der Waals surface area (Å²) in [6.07, 6.45) is 0. The predicted molar refractivity (Wildman–Crippen MR) is 72.7 cm³/mol. The van der Waals surface area contributed by atoms with Crippen LogP contribution in [-0.2, 0) is 0 Å². The van der Waals surface area contributed by atoms with Gasteiger partial charge in [0.15, 0.2) is 0 Å². The van der Waals surface area contributed by atoms with Gasteiger partial charge in [0.25, 0.3) is 5.91 Å². The average Bonchev–Trinajstić information content (AvgIpc) is 2.43. The fraction of sp³-hybridized carbons (Fsp3) is 0.143. The van der Waals surface area contributed by atoms with E-state index in [-0.39, 0.29) is 11.4 Å². The van der Waals surface area contributed by atoms with Crippen molar-refractivity contribution >= 4 is 17.4 Å². The lowest BCUT2D eigenvalue weighted by Gasteiger charge is -2.07. The van der Waals surface area contributed by atoms with Gasteiger partial charge in [-0.3, -0.25) is 4.79 Å². The van der Waals surface area contributed by atoms with E-state index in [0.29, 0.717) is 12.4 Å². The molecule has 4 nitrogen and oxygen atoms in total. The summed E-state index contributed by atoms with van der Waals surface area (Å²) in [5, 5.41) is 5.25. The lowest BCUT2D eigenvalue weighted by atomic mass is 10.2. The number of nitrogens with zero attached hydrogens (tertiary/aromatic N) is 1. The van der Waals surface area contributed by atoms with Crippen molar-refractivity contribution in [2.45, 2.75) is 6.92 Å². The molecule has 1 amide bonds. The maximum absolute atomic E-state index is 13.4. The molecule has 2 rings (SSSR count). The highest BCUT2D eigenvalue weighted by Crippen LogP contribution is 2.16. The van der Waals surface area contributed by atoms with E-state index in [2.05, 4.69) is 15.6 Å². The number of halogens is 2. The summed E-state index contributed by atoms with van der Waals surface area (Å²) >= 11 is 0. The van der Waals surface area contributed by atoms with Gasteiger partial charge in [-0.2, -0.15) is 0 Å². The Kier molecular flexibility index (Phi) is 4.24. The first-order chi connectivity index (χ1) is 9.60. The second kappa shape index (κ2) is 6.10. The molecule has 0 unspecified atom stereocenters. The third kappa shape index (κ3) is 3.28. The monoisotopic (exact) mass is 277 g/mol. The molecule has 0 atom stereocenters. The number of carbonyl (C=O) groups excluding carboxylic acids is 1. The van der Waals surface area contributed by atoms with Gasteiger partial charge in [-0.15, -0.1) is 0 Å². The van der Waals surface area contributed by atoms with Crippen LogP contribution in [0.1, 0.15) is 17.4 Å². The van der Waals surface area contributed by atoms with Crippen LogP contribution in [0.25, 0.3) is 0 Å². The maximum Gasteiger partial charge on any atom is 0.274 e. The Balaban J connectivity index is 2.19. The number of benzene rings is 1. The molecule has 0 aliphatic rings. The summed E-state index contributed by atoms with van der Waals surface area (Å²) in [6, 6.07) is 7.71. The Bertz CT molecular complexity index is 632. The van der Waals surface area contributed by atoms with E-state index < -0.39 is 17.5 Å². The van der Waals surface area contributed by atoms with Gasteiger partial charge in [-0.25, -0.2) is 13.8 Å². The normalized spacial score (nSPS) is 10.2. The number of rotatable bonds is 4. The Hall–Kier alpha value is -2.50. The second-order valence-electron chi connectivity index (χ2n) is 4.02. The fourth-order valence-electron chi connectivity index (χ4n) is 1.62. The first kappa shape index (κ1) is 13.9. The molecule has 1 aromatic heterocycles. The van der Waals surface area contributed by atoms with E-state index >= 15 is 0 Å². The molecule has 1 heterocycles. The number of amides is 1. The van der Waals surface area contributed by atoms with Crippen molar-refractivity contribution in [3.05, 3.63) is 53.7 Å². The molecule has 0 fully saturated rings. The zero-order chi connectivity index (χ0) is 14.5. The van der Waals surface area contributed by atoms with E-state index in [1.807, 2.05) is 6.92 Å². The van der Waals surface area contributed by atoms with E-state index in [9.17, 15) is 13.6 Å². The highest BCUT2D eigenvalue weighted by atomic mass is 19.1. The summed E-state index contributed by atoms with van der Waals surface area (Å²) < 4.78 is 26.5. The van der Waals surface area contributed by atoms with Crippen molar-refractivity contribution < 1.29 is 13.6 Å². The molecular weight excluding hydrogens is 264 g/mol. The molecular formula is C14H13F2N3O. The SMILES string of the molecule is CCNc1cccc(C(=O)Nc2cc(F)ccc2F)n1. The summed E-state index contributed by atoms with van der Waals surface area (Å²) in [6.45, 7) is 2.56. The number of hydrogen-bond acceptors (Lipinski definition) is 3. The predicted octanol–water partition coefficient (Wildman–Crippen LogP) is 3.04. The van der Waals surface area contributed by atoms with Crippen LogP contribution >= 0.6 is 0 Å². The summed E-state index contributed by atoms with van der Waals surface area (Å²) in [5.74, 6) is -1.40. The third-order valence-electron chi connectivity index (χ3n) is 2.52. The molecule has 0 saturated carbocycles. The second-order valence-corrected chi connectivity index (χ2v) is 4.02. The van der Waals surface area contributed by atoms with Gasteiger partial charge in [0, 0.05) is 12.6 Å². The number of carbonyl (C=O) groups is 1. The first-order valence-corrected chi connectivity index (χ1v) is 6.07. The zero-order valence-electron chi connectivity index (χ0n) is 10.8. The fourth-order valence-corrected chi connectivity index (χ4v) is 1.62. The van der Waals surface area contributed by atoms with E-state index in [4.69, 9.17) is 0 Å². The molecule has 0 saturated heterocycles. The largest absolute Gasteiger partial charge is 0.370 e.